The van der Waals surface area contributed by atoms with Gasteiger partial charge >= 0.3 is 6.03 Å². The summed E-state index contributed by atoms with van der Waals surface area (Å²) >= 11 is 13.2. The minimum absolute atomic E-state index is 0. The number of carbonyl (C=O) groups is 3. The molecule has 4 amide bonds. The number of rotatable bonds is 10. The molecule has 0 aliphatic heterocycles. The molecule has 0 aliphatic rings. The Labute approximate surface area is 300 Å². The molecule has 10 nitrogen and oxygen atoms in total. The summed E-state index contributed by atoms with van der Waals surface area (Å²) < 4.78 is 6.08. The summed E-state index contributed by atoms with van der Waals surface area (Å²) in [6, 6.07) is 24.1. The predicted octanol–water partition coefficient (Wildman–Crippen LogP) is 7.38. The molecule has 3 N–H and O–H groups in total. The van der Waals surface area contributed by atoms with Crippen LogP contribution in [-0.4, -0.2) is 41.4 Å². The highest BCUT2D eigenvalue weighted by Crippen LogP contribution is 2.35. The van der Waals surface area contributed by atoms with Gasteiger partial charge in [0, 0.05) is 46.2 Å². The average Bonchev–Trinajstić information content (AvgIpc) is 3.06. The molecule has 48 heavy (non-hydrogen) atoms. The number of carbonyl (C=O) groups excluding carboxylic acids is 3. The number of pyridine rings is 2. The largest absolute Gasteiger partial charge is 0.487 e. The molecule has 0 saturated carbocycles. The minimum Gasteiger partial charge on any atom is -0.487 e. The molecule has 0 fully saturated rings. The second kappa shape index (κ2) is 17.5. The van der Waals surface area contributed by atoms with Gasteiger partial charge in [-0.2, -0.15) is 0 Å². The van der Waals surface area contributed by atoms with Gasteiger partial charge in [0.05, 0.1) is 29.5 Å². The molecule has 0 atom stereocenters. The van der Waals surface area contributed by atoms with Crippen molar-refractivity contribution in [1.82, 2.24) is 20.6 Å². The van der Waals surface area contributed by atoms with Crippen molar-refractivity contribution in [2.45, 2.75) is 20.1 Å². The monoisotopic (exact) mass is 728 g/mol. The molecular weight excluding hydrogens is 698 g/mol. The number of amides is 4. The second-order valence-electron chi connectivity index (χ2n) is 10.3. The zero-order valence-electron chi connectivity index (χ0n) is 25.8. The lowest BCUT2D eigenvalue weighted by atomic mass is 10.1. The van der Waals surface area contributed by atoms with E-state index in [0.29, 0.717) is 33.3 Å². The number of fused-ring (bicyclic) bond motifs is 1. The topological polar surface area (TPSA) is 126 Å². The number of urea groups is 1. The number of hydrogen-bond acceptors (Lipinski definition) is 6. The lowest BCUT2D eigenvalue weighted by Gasteiger charge is -2.21. The van der Waals surface area contributed by atoms with Gasteiger partial charge in [-0.25, -0.2) is 9.78 Å². The van der Waals surface area contributed by atoms with Crippen LogP contribution in [0.1, 0.15) is 27.3 Å². The Kier molecular flexibility index (Phi) is 13.8. The van der Waals surface area contributed by atoms with E-state index in [0.717, 1.165) is 22.3 Å². The van der Waals surface area contributed by atoms with Crippen LogP contribution in [0.3, 0.4) is 0 Å². The number of hydrogen-bond donors (Lipinski definition) is 3. The maximum atomic E-state index is 13.0. The quantitative estimate of drug-likeness (QED) is 0.138. The van der Waals surface area contributed by atoms with E-state index in [1.165, 1.54) is 11.0 Å². The maximum absolute atomic E-state index is 13.0. The molecule has 14 heteroatoms. The number of halogens is 4. The number of anilines is 2. The zero-order valence-corrected chi connectivity index (χ0v) is 29.0. The van der Waals surface area contributed by atoms with Crippen LogP contribution < -0.4 is 25.6 Å². The summed E-state index contributed by atoms with van der Waals surface area (Å²) in [5.74, 6) is -0.170. The van der Waals surface area contributed by atoms with Crippen molar-refractivity contribution in [3.63, 3.8) is 0 Å². The van der Waals surface area contributed by atoms with Crippen molar-refractivity contribution in [3.05, 3.63) is 124 Å². The number of aromatic nitrogens is 2. The summed E-state index contributed by atoms with van der Waals surface area (Å²) in [4.78, 5) is 48.3. The van der Waals surface area contributed by atoms with Crippen LogP contribution in [0, 0.1) is 6.92 Å². The molecule has 0 aliphatic carbocycles. The first-order valence-electron chi connectivity index (χ1n) is 14.2. The Morgan fingerprint density at radius 1 is 0.896 bits per heavy atom. The van der Waals surface area contributed by atoms with Crippen LogP contribution in [0.4, 0.5) is 16.2 Å². The summed E-state index contributed by atoms with van der Waals surface area (Å²) in [7, 11) is 1.55. The minimum atomic E-state index is -0.622. The molecule has 0 bridgehead atoms. The summed E-state index contributed by atoms with van der Waals surface area (Å²) in [5.41, 5.74) is 3.93. The normalized spacial score (nSPS) is 10.2. The van der Waals surface area contributed by atoms with E-state index in [1.807, 2.05) is 49.4 Å². The number of ether oxygens (including phenoxy) is 1. The molecule has 2 aromatic heterocycles. The second-order valence-corrected chi connectivity index (χ2v) is 11.1. The van der Waals surface area contributed by atoms with Crippen molar-refractivity contribution < 1.29 is 19.1 Å². The van der Waals surface area contributed by atoms with Crippen molar-refractivity contribution in [2.24, 2.45) is 0 Å². The van der Waals surface area contributed by atoms with Crippen LogP contribution >= 0.6 is 48.0 Å². The lowest BCUT2D eigenvalue weighted by molar-refractivity contribution is -0.117. The number of likely N-dealkylation sites (N-methyl/N-ethyl adjacent to an activating group) is 1. The maximum Gasteiger partial charge on any atom is 0.319 e. The van der Waals surface area contributed by atoms with Crippen molar-refractivity contribution in [1.29, 1.82) is 0 Å². The van der Waals surface area contributed by atoms with E-state index in [4.69, 9.17) is 27.9 Å². The zero-order chi connectivity index (χ0) is 32.6. The van der Waals surface area contributed by atoms with Gasteiger partial charge in [-0.05, 0) is 61.5 Å². The molecule has 250 valence electrons. The van der Waals surface area contributed by atoms with E-state index in [-0.39, 0.29) is 55.4 Å². The van der Waals surface area contributed by atoms with Gasteiger partial charge in [0.25, 0.3) is 5.91 Å². The van der Waals surface area contributed by atoms with Crippen molar-refractivity contribution in [2.75, 3.05) is 23.8 Å². The lowest BCUT2D eigenvalue weighted by Crippen LogP contribution is -2.40. The number of aryl methyl sites for hydroxylation is 1. The van der Waals surface area contributed by atoms with Crippen LogP contribution in [0.15, 0.2) is 91.1 Å². The Morgan fingerprint density at radius 2 is 1.69 bits per heavy atom. The van der Waals surface area contributed by atoms with Gasteiger partial charge in [0.1, 0.15) is 17.9 Å². The first-order valence-corrected chi connectivity index (χ1v) is 15.0. The number of nitrogens with zero attached hydrogens (tertiary/aromatic N) is 3. The number of nitrogens with one attached hydrogen (secondary N) is 3. The van der Waals surface area contributed by atoms with Crippen molar-refractivity contribution in [3.8, 4) is 5.75 Å². The van der Waals surface area contributed by atoms with Crippen LogP contribution in [-0.2, 0) is 17.9 Å². The highest BCUT2D eigenvalue weighted by Gasteiger charge is 2.20. The fraction of sp³-hybridized carbons (Fsp3) is 0.147. The molecule has 5 aromatic rings. The van der Waals surface area contributed by atoms with E-state index in [9.17, 15) is 14.4 Å². The van der Waals surface area contributed by atoms with Gasteiger partial charge in [-0.3, -0.25) is 14.6 Å². The highest BCUT2D eigenvalue weighted by molar-refractivity contribution is 6.38. The third-order valence-corrected chi connectivity index (χ3v) is 7.81. The average molecular weight is 730 g/mol. The molecule has 0 spiro atoms. The van der Waals surface area contributed by atoms with Crippen LogP contribution in [0.2, 0.25) is 10.0 Å². The summed E-state index contributed by atoms with van der Waals surface area (Å²) in [5, 5.41) is 9.53. The molecule has 0 unspecified atom stereocenters. The third-order valence-electron chi connectivity index (χ3n) is 7.03. The van der Waals surface area contributed by atoms with Gasteiger partial charge in [0.2, 0.25) is 5.91 Å². The van der Waals surface area contributed by atoms with Gasteiger partial charge < -0.3 is 25.6 Å². The SMILES string of the molecule is Cc1ccc2cccc(OCc3c(Cl)ccc(N(C)C(=O)CNC(=O)Nc4cccc(C(=O)NCc5ccccn5)c4)c3Cl)c2n1.Cl.Cl. The standard InChI is InChI=1S/C34H30Cl2N6O4.2ClH/c1-21-12-13-22-7-6-11-29(32(22)40-21)46-20-26-27(35)14-15-28(31(26)36)42(2)30(43)19-39-34(45)41-24-10-5-8-23(17-24)33(44)38-18-25-9-3-4-16-37-25;;/h3-17H,18-20H2,1-2H3,(H,38,44)(H2,39,41,45);2*1H. The Bertz CT molecular complexity index is 1910. The van der Waals surface area contributed by atoms with Crippen LogP contribution in [0.5, 0.6) is 5.75 Å². The van der Waals surface area contributed by atoms with E-state index in [1.54, 1.807) is 49.6 Å². The highest BCUT2D eigenvalue weighted by atomic mass is 35.5. The van der Waals surface area contributed by atoms with Gasteiger partial charge in [-0.1, -0.05) is 53.5 Å². The Morgan fingerprint density at radius 3 is 2.46 bits per heavy atom. The van der Waals surface area contributed by atoms with Gasteiger partial charge in [0.15, 0.2) is 0 Å². The first-order chi connectivity index (χ1) is 22.2. The van der Waals surface area contributed by atoms with Crippen molar-refractivity contribution >= 4 is 88.1 Å². The van der Waals surface area contributed by atoms with Gasteiger partial charge in [-0.15, -0.1) is 24.8 Å². The molecule has 3 aromatic carbocycles. The van der Waals surface area contributed by atoms with E-state index < -0.39 is 11.9 Å². The third kappa shape index (κ3) is 9.48. The predicted molar refractivity (Wildman–Crippen MR) is 194 cm³/mol. The Hall–Kier alpha value is -4.61. The fourth-order valence-electron chi connectivity index (χ4n) is 4.56. The molecule has 2 heterocycles. The summed E-state index contributed by atoms with van der Waals surface area (Å²) in [6.07, 6.45) is 1.65. The number of para-hydroxylation sites is 1. The van der Waals surface area contributed by atoms with E-state index in [2.05, 4.69) is 25.9 Å². The Balaban J connectivity index is 0.00000312. The fourth-order valence-corrected chi connectivity index (χ4v) is 5.16. The summed E-state index contributed by atoms with van der Waals surface area (Å²) in [6.45, 7) is 1.89. The smallest absolute Gasteiger partial charge is 0.319 e. The van der Waals surface area contributed by atoms with Crippen LogP contribution in [0.25, 0.3) is 10.9 Å². The molecule has 0 saturated heterocycles. The first kappa shape index (κ1) is 37.8. The molecular formula is C34H32Cl4N6O4. The van der Waals surface area contributed by atoms with E-state index >= 15 is 0 Å². The number of benzene rings is 3. The molecule has 0 radical (unpaired) electrons. The molecule has 5 rings (SSSR count).